The number of methoxy groups -OCH3 is 1. The van der Waals surface area contributed by atoms with Crippen molar-refractivity contribution in [1.29, 1.82) is 0 Å². The van der Waals surface area contributed by atoms with Crippen LogP contribution in [0.25, 0.3) is 0 Å². The molecule has 28 heavy (non-hydrogen) atoms. The number of hydrogen-bond donors (Lipinski definition) is 1. The van der Waals surface area contributed by atoms with Gasteiger partial charge < -0.3 is 24.4 Å². The van der Waals surface area contributed by atoms with Crippen molar-refractivity contribution in [2.45, 2.75) is 31.0 Å². The minimum atomic E-state index is -0.848. The summed E-state index contributed by atoms with van der Waals surface area (Å²) in [5.74, 6) is 0.813. The van der Waals surface area contributed by atoms with Gasteiger partial charge in [-0.3, -0.25) is 9.69 Å². The Labute approximate surface area is 167 Å². The number of morpholine rings is 1. The van der Waals surface area contributed by atoms with E-state index in [1.54, 1.807) is 26.1 Å². The highest BCUT2D eigenvalue weighted by atomic mass is 16.5. The summed E-state index contributed by atoms with van der Waals surface area (Å²) in [6.45, 7) is 5.74. The summed E-state index contributed by atoms with van der Waals surface area (Å²) in [4.78, 5) is 18.5. The number of nitrogens with zero attached hydrogens (tertiary/aromatic N) is 3. The molecule has 0 unspecified atom stereocenters. The molecule has 0 saturated carbocycles. The molecule has 2 saturated heterocycles. The molecular formula is C21H33N3O4. The Balaban J connectivity index is 1.59. The van der Waals surface area contributed by atoms with Gasteiger partial charge >= 0.3 is 0 Å². The van der Waals surface area contributed by atoms with Gasteiger partial charge in [0, 0.05) is 58.6 Å². The summed E-state index contributed by atoms with van der Waals surface area (Å²) >= 11 is 0. The SMILES string of the molecule is COc1cccc(N2CCC(O)(CN3CCO[C@](C)(C(=O)N(C)C)C3)CC2)c1. The van der Waals surface area contributed by atoms with Crippen LogP contribution in [-0.4, -0.2) is 92.6 Å². The quantitative estimate of drug-likeness (QED) is 0.814. The van der Waals surface area contributed by atoms with Crippen LogP contribution in [0.1, 0.15) is 19.8 Å². The van der Waals surface area contributed by atoms with E-state index in [2.05, 4.69) is 15.9 Å². The Morgan fingerprint density at radius 2 is 2.00 bits per heavy atom. The molecule has 0 aliphatic carbocycles. The standard InChI is InChI=1S/C21H33N3O4/c1-20(19(25)22(2)3)15-23(12-13-28-20)16-21(26)8-10-24(11-9-21)17-6-5-7-18(14-17)27-4/h5-7,14,26H,8-13,15-16H2,1-4H3/t20-/m0/s1. The zero-order chi connectivity index (χ0) is 20.4. The molecule has 1 amide bonds. The molecule has 1 aromatic rings. The number of ether oxygens (including phenoxy) is 2. The molecule has 2 heterocycles. The van der Waals surface area contributed by atoms with E-state index >= 15 is 0 Å². The number of rotatable bonds is 5. The van der Waals surface area contributed by atoms with Crippen molar-refractivity contribution < 1.29 is 19.4 Å². The van der Waals surface area contributed by atoms with Gasteiger partial charge in [-0.05, 0) is 31.9 Å². The molecule has 0 bridgehead atoms. The van der Waals surface area contributed by atoms with Gasteiger partial charge in [0.05, 0.1) is 19.3 Å². The predicted octanol–water partition coefficient (Wildman–Crippen LogP) is 1.21. The Morgan fingerprint density at radius 1 is 1.29 bits per heavy atom. The molecule has 1 N–H and O–H groups in total. The fourth-order valence-electron chi connectivity index (χ4n) is 4.25. The maximum atomic E-state index is 12.5. The molecule has 2 fully saturated rings. The molecule has 1 atom stereocenters. The topological polar surface area (TPSA) is 65.5 Å². The number of carbonyl (C=O) groups excluding carboxylic acids is 1. The lowest BCUT2D eigenvalue weighted by atomic mass is 9.89. The van der Waals surface area contributed by atoms with Crippen molar-refractivity contribution in [2.24, 2.45) is 0 Å². The molecule has 7 nitrogen and oxygen atoms in total. The van der Waals surface area contributed by atoms with Gasteiger partial charge in [-0.15, -0.1) is 0 Å². The number of aliphatic hydroxyl groups is 1. The molecule has 1 aromatic carbocycles. The summed E-state index contributed by atoms with van der Waals surface area (Å²) < 4.78 is 11.1. The highest BCUT2D eigenvalue weighted by molar-refractivity contribution is 5.84. The van der Waals surface area contributed by atoms with Gasteiger partial charge in [0.15, 0.2) is 5.60 Å². The third-order valence-corrected chi connectivity index (χ3v) is 5.84. The van der Waals surface area contributed by atoms with Gasteiger partial charge in [0.2, 0.25) is 0 Å². The summed E-state index contributed by atoms with van der Waals surface area (Å²) in [6.07, 6.45) is 1.39. The molecule has 156 valence electrons. The first-order valence-corrected chi connectivity index (χ1v) is 9.94. The van der Waals surface area contributed by atoms with E-state index < -0.39 is 11.2 Å². The highest BCUT2D eigenvalue weighted by Crippen LogP contribution is 2.30. The highest BCUT2D eigenvalue weighted by Gasteiger charge is 2.43. The van der Waals surface area contributed by atoms with Crippen LogP contribution in [0.2, 0.25) is 0 Å². The van der Waals surface area contributed by atoms with Gasteiger partial charge in [-0.1, -0.05) is 6.07 Å². The van der Waals surface area contributed by atoms with Crippen LogP contribution < -0.4 is 9.64 Å². The molecule has 2 aliphatic heterocycles. The smallest absolute Gasteiger partial charge is 0.255 e. The lowest BCUT2D eigenvalue weighted by Gasteiger charge is -2.45. The van der Waals surface area contributed by atoms with Crippen LogP contribution in [0.5, 0.6) is 5.75 Å². The number of benzene rings is 1. The van der Waals surface area contributed by atoms with E-state index in [0.717, 1.165) is 31.1 Å². The number of piperidine rings is 1. The molecular weight excluding hydrogens is 358 g/mol. The Kier molecular flexibility index (Phi) is 6.17. The third kappa shape index (κ3) is 4.59. The van der Waals surface area contributed by atoms with Crippen molar-refractivity contribution >= 4 is 11.6 Å². The normalized spacial score (nSPS) is 25.4. The Bertz CT molecular complexity index is 688. The fourth-order valence-corrected chi connectivity index (χ4v) is 4.25. The van der Waals surface area contributed by atoms with Crippen LogP contribution in [0, 0.1) is 0 Å². The predicted molar refractivity (Wildman–Crippen MR) is 109 cm³/mol. The number of hydrogen-bond acceptors (Lipinski definition) is 6. The van der Waals surface area contributed by atoms with Crippen LogP contribution in [0.15, 0.2) is 24.3 Å². The summed E-state index contributed by atoms with van der Waals surface area (Å²) in [5, 5.41) is 11.2. The van der Waals surface area contributed by atoms with Gasteiger partial charge in [0.25, 0.3) is 5.91 Å². The molecule has 0 spiro atoms. The van der Waals surface area contributed by atoms with Crippen LogP contribution >= 0.6 is 0 Å². The zero-order valence-electron chi connectivity index (χ0n) is 17.5. The fraction of sp³-hybridized carbons (Fsp3) is 0.667. The zero-order valence-corrected chi connectivity index (χ0v) is 17.5. The van der Waals surface area contributed by atoms with E-state index in [1.807, 2.05) is 25.1 Å². The first-order chi connectivity index (χ1) is 13.2. The van der Waals surface area contributed by atoms with Crippen LogP contribution in [0.3, 0.4) is 0 Å². The van der Waals surface area contributed by atoms with Gasteiger partial charge in [0.1, 0.15) is 5.75 Å². The second-order valence-corrected chi connectivity index (χ2v) is 8.40. The van der Waals surface area contributed by atoms with E-state index in [1.165, 1.54) is 0 Å². The van der Waals surface area contributed by atoms with E-state index in [4.69, 9.17) is 9.47 Å². The average Bonchev–Trinajstić information content (AvgIpc) is 2.67. The maximum Gasteiger partial charge on any atom is 0.255 e. The Morgan fingerprint density at radius 3 is 2.64 bits per heavy atom. The van der Waals surface area contributed by atoms with E-state index in [0.29, 0.717) is 32.5 Å². The monoisotopic (exact) mass is 391 g/mol. The molecule has 0 radical (unpaired) electrons. The number of β-amino-alcohol motifs (C(OH)–C–C–N with tert-alkyl or cyclic N) is 1. The molecule has 7 heteroatoms. The number of carbonyl (C=O) groups is 1. The minimum Gasteiger partial charge on any atom is -0.497 e. The summed E-state index contributed by atoms with van der Waals surface area (Å²) in [6, 6.07) is 8.04. The van der Waals surface area contributed by atoms with Crippen molar-refractivity contribution in [1.82, 2.24) is 9.80 Å². The van der Waals surface area contributed by atoms with Crippen molar-refractivity contribution in [2.75, 3.05) is 65.4 Å². The number of anilines is 1. The molecule has 2 aliphatic rings. The largest absolute Gasteiger partial charge is 0.497 e. The summed E-state index contributed by atoms with van der Waals surface area (Å²) in [7, 11) is 5.17. The van der Waals surface area contributed by atoms with Crippen LogP contribution in [-0.2, 0) is 9.53 Å². The molecule has 0 aromatic heterocycles. The first kappa shape index (κ1) is 20.9. The second kappa shape index (κ2) is 8.27. The van der Waals surface area contributed by atoms with E-state index in [-0.39, 0.29) is 5.91 Å². The van der Waals surface area contributed by atoms with Crippen molar-refractivity contribution in [3.05, 3.63) is 24.3 Å². The Hall–Kier alpha value is -1.83. The van der Waals surface area contributed by atoms with Crippen molar-refractivity contribution in [3.63, 3.8) is 0 Å². The lowest BCUT2D eigenvalue weighted by molar-refractivity contribution is -0.168. The van der Waals surface area contributed by atoms with Crippen molar-refractivity contribution in [3.8, 4) is 5.75 Å². The second-order valence-electron chi connectivity index (χ2n) is 8.40. The minimum absolute atomic E-state index is 0.0305. The maximum absolute atomic E-state index is 12.5. The van der Waals surface area contributed by atoms with E-state index in [9.17, 15) is 9.90 Å². The van der Waals surface area contributed by atoms with Gasteiger partial charge in [-0.25, -0.2) is 0 Å². The van der Waals surface area contributed by atoms with Gasteiger partial charge in [-0.2, -0.15) is 0 Å². The summed E-state index contributed by atoms with van der Waals surface area (Å²) in [5.41, 5.74) is -0.467. The average molecular weight is 392 g/mol. The number of amides is 1. The third-order valence-electron chi connectivity index (χ3n) is 5.84. The van der Waals surface area contributed by atoms with Crippen LogP contribution in [0.4, 0.5) is 5.69 Å². The molecule has 3 rings (SSSR count). The first-order valence-electron chi connectivity index (χ1n) is 9.94. The lowest BCUT2D eigenvalue weighted by Crippen LogP contribution is -2.61. The number of likely N-dealkylation sites (N-methyl/N-ethyl adjacent to an activating group) is 1.